The Balaban J connectivity index is 1.77. The molecule has 228 valence electrons. The van der Waals surface area contributed by atoms with Gasteiger partial charge in [-0.1, -0.05) is 26.8 Å². The van der Waals surface area contributed by atoms with Gasteiger partial charge in [-0.05, 0) is 61.6 Å². The van der Waals surface area contributed by atoms with Crippen molar-refractivity contribution in [2.75, 3.05) is 32.7 Å². The fourth-order valence-corrected chi connectivity index (χ4v) is 5.70. The maximum Gasteiger partial charge on any atom is 0.411 e. The quantitative estimate of drug-likeness (QED) is 0.201. The number of rotatable bonds is 11. The lowest BCUT2D eigenvalue weighted by Gasteiger charge is -2.40. The Bertz CT molecular complexity index is 1300. The van der Waals surface area contributed by atoms with Gasteiger partial charge in [0, 0.05) is 24.7 Å². The van der Waals surface area contributed by atoms with Gasteiger partial charge >= 0.3 is 6.09 Å². The molecule has 3 rings (SSSR count). The van der Waals surface area contributed by atoms with Crippen molar-refractivity contribution in [1.82, 2.24) is 4.90 Å². The summed E-state index contributed by atoms with van der Waals surface area (Å²) in [6.07, 6.45) is 4.19. The second-order valence-electron chi connectivity index (χ2n) is 11.8. The van der Waals surface area contributed by atoms with E-state index in [4.69, 9.17) is 18.6 Å². The summed E-state index contributed by atoms with van der Waals surface area (Å²) in [6.45, 7) is 11.1. The zero-order chi connectivity index (χ0) is 31.1. The molecule has 11 nitrogen and oxygen atoms in total. The first-order chi connectivity index (χ1) is 19.8. The first-order valence-corrected chi connectivity index (χ1v) is 15.1. The first kappa shape index (κ1) is 32.6. The molecule has 2 aromatic rings. The summed E-state index contributed by atoms with van der Waals surface area (Å²) in [5.74, 6) is 0.457. The number of nitrogens with one attached hydrogen (secondary N) is 1. The molecule has 1 N–H and O–H groups in total. The third-order valence-corrected chi connectivity index (χ3v) is 8.66. The number of ether oxygens (including phenoxy) is 3. The number of carbonyl (C=O) groups is 2. The zero-order valence-corrected chi connectivity index (χ0v) is 26.8. The van der Waals surface area contributed by atoms with Crippen LogP contribution in [0.25, 0.3) is 6.08 Å². The van der Waals surface area contributed by atoms with Crippen LogP contribution in [-0.2, 0) is 9.16 Å². The molecule has 1 aliphatic heterocycles. The van der Waals surface area contributed by atoms with Crippen molar-refractivity contribution in [2.24, 2.45) is 0 Å². The second kappa shape index (κ2) is 13.8. The van der Waals surface area contributed by atoms with Crippen molar-refractivity contribution < 1.29 is 33.1 Å². The van der Waals surface area contributed by atoms with Gasteiger partial charge in [-0.25, -0.2) is 4.79 Å². The van der Waals surface area contributed by atoms with Crippen LogP contribution in [-0.4, -0.2) is 70.6 Å². The number of likely N-dealkylation sites (tertiary alicyclic amines) is 1. The maximum absolute atomic E-state index is 14.0. The molecule has 2 aromatic carbocycles. The lowest BCUT2D eigenvalue weighted by molar-refractivity contribution is -0.384. The van der Waals surface area contributed by atoms with Gasteiger partial charge < -0.3 is 23.5 Å². The minimum Gasteiger partial charge on any atom is -0.493 e. The van der Waals surface area contributed by atoms with E-state index >= 15 is 0 Å². The fraction of sp³-hybridized carbons (Fsp3) is 0.467. The Morgan fingerprint density at radius 1 is 1.10 bits per heavy atom. The molecular formula is C30H41N3O8Si. The Morgan fingerprint density at radius 2 is 1.74 bits per heavy atom. The number of hydrogen-bond donors (Lipinski definition) is 1. The number of benzene rings is 2. The highest BCUT2D eigenvalue weighted by Crippen LogP contribution is 2.37. The van der Waals surface area contributed by atoms with E-state index in [1.54, 1.807) is 36.4 Å². The van der Waals surface area contributed by atoms with Gasteiger partial charge in [0.2, 0.25) is 0 Å². The van der Waals surface area contributed by atoms with E-state index in [1.165, 1.54) is 26.4 Å². The van der Waals surface area contributed by atoms with Crippen LogP contribution in [0.5, 0.6) is 11.5 Å². The smallest absolute Gasteiger partial charge is 0.411 e. The number of methoxy groups -OCH3 is 2. The highest BCUT2D eigenvalue weighted by molar-refractivity contribution is 6.31. The molecule has 0 aliphatic carbocycles. The molecular weight excluding hydrogens is 558 g/mol. The van der Waals surface area contributed by atoms with Crippen LogP contribution in [0.3, 0.4) is 0 Å². The van der Waals surface area contributed by atoms with E-state index in [9.17, 15) is 19.7 Å². The molecule has 1 fully saturated rings. The van der Waals surface area contributed by atoms with Crippen LogP contribution in [0, 0.1) is 10.1 Å². The Kier molecular flexibility index (Phi) is 10.7. The summed E-state index contributed by atoms with van der Waals surface area (Å²) >= 11 is 0. The van der Waals surface area contributed by atoms with E-state index in [0.717, 1.165) is 18.4 Å². The molecule has 0 aromatic heterocycles. The number of anilines is 1. The normalized spacial score (nSPS) is 15.8. The number of non-ortho nitro benzene ring substituents is 1. The van der Waals surface area contributed by atoms with Crippen LogP contribution in [0.1, 0.15) is 63.4 Å². The van der Waals surface area contributed by atoms with Crippen LogP contribution >= 0.6 is 0 Å². The van der Waals surface area contributed by atoms with Crippen molar-refractivity contribution in [3.05, 3.63) is 63.7 Å². The van der Waals surface area contributed by atoms with E-state index < -0.39 is 26.4 Å². The third-order valence-electron chi connectivity index (χ3n) is 6.91. The Morgan fingerprint density at radius 3 is 2.33 bits per heavy atom. The van der Waals surface area contributed by atoms with Crippen molar-refractivity contribution in [3.8, 4) is 11.5 Å². The van der Waals surface area contributed by atoms with E-state index in [0.29, 0.717) is 18.0 Å². The summed E-state index contributed by atoms with van der Waals surface area (Å²) in [4.78, 5) is 38.9. The van der Waals surface area contributed by atoms with Crippen LogP contribution in [0.4, 0.5) is 16.2 Å². The lowest BCUT2D eigenvalue weighted by atomic mass is 9.96. The van der Waals surface area contributed by atoms with Crippen LogP contribution in [0.15, 0.2) is 42.5 Å². The minimum absolute atomic E-state index is 0.00820. The van der Waals surface area contributed by atoms with Crippen molar-refractivity contribution in [2.45, 2.75) is 64.1 Å². The summed E-state index contributed by atoms with van der Waals surface area (Å²) in [6, 6.07) is 8.97. The number of nitro groups is 1. The number of nitrogens with zero attached hydrogens (tertiary/aromatic N) is 2. The van der Waals surface area contributed by atoms with Crippen molar-refractivity contribution in [3.63, 3.8) is 0 Å². The van der Waals surface area contributed by atoms with Gasteiger partial charge in [0.25, 0.3) is 11.6 Å². The summed E-state index contributed by atoms with van der Waals surface area (Å²) in [7, 11) is 2.10. The van der Waals surface area contributed by atoms with Gasteiger partial charge in [-0.2, -0.15) is 0 Å². The molecule has 1 unspecified atom stereocenters. The average Bonchev–Trinajstić information content (AvgIpc) is 3.45. The number of nitro benzene ring substituents is 1. The molecule has 1 aliphatic rings. The molecule has 1 saturated heterocycles. The molecule has 0 spiro atoms. The van der Waals surface area contributed by atoms with Crippen molar-refractivity contribution in [1.29, 1.82) is 0 Å². The second-order valence-corrected chi connectivity index (χ2v) is 14.5. The monoisotopic (exact) mass is 599 g/mol. The van der Waals surface area contributed by atoms with Crippen molar-refractivity contribution >= 4 is 39.2 Å². The summed E-state index contributed by atoms with van der Waals surface area (Å²) in [5, 5.41) is 13.6. The van der Waals surface area contributed by atoms with E-state index in [1.807, 2.05) is 18.7 Å². The minimum atomic E-state index is -0.854. The molecule has 2 amide bonds. The third kappa shape index (κ3) is 8.55. The molecule has 0 saturated carbocycles. The number of hydrogen-bond acceptors (Lipinski definition) is 8. The van der Waals surface area contributed by atoms with Gasteiger partial charge in [0.1, 0.15) is 6.61 Å². The SMILES string of the molecule is COc1cc(NC(=O)OCC=Cc2ccc([N+](=O)[O-])cc2)c(C(=O)N2CCCC2C(C)(C)O[SiH2]C(C)(C)C)cc1OC. The summed E-state index contributed by atoms with van der Waals surface area (Å²) in [5.41, 5.74) is 0.670. The van der Waals surface area contributed by atoms with Gasteiger partial charge in [-0.15, -0.1) is 0 Å². The molecule has 1 heterocycles. The topological polar surface area (TPSA) is 129 Å². The highest BCUT2D eigenvalue weighted by Gasteiger charge is 2.42. The Hall–Kier alpha value is -3.90. The van der Waals surface area contributed by atoms with Gasteiger partial charge in [-0.3, -0.25) is 20.2 Å². The molecule has 0 bridgehead atoms. The largest absolute Gasteiger partial charge is 0.493 e. The van der Waals surface area contributed by atoms with Gasteiger partial charge in [0.15, 0.2) is 21.3 Å². The molecule has 1 atom stereocenters. The number of carbonyl (C=O) groups excluding carboxylic acids is 2. The average molecular weight is 600 g/mol. The van der Waals surface area contributed by atoms with E-state index in [2.05, 4.69) is 26.1 Å². The Labute approximate surface area is 249 Å². The standard InChI is InChI=1S/C30H41N3O8Si/c1-29(2,3)42-41-30(4,5)26-11-8-16-32(26)27(34)22-18-24(38-6)25(39-7)19-23(22)31-28(35)40-17-9-10-20-12-14-21(15-13-20)33(36)37/h9-10,12-15,18-19,26H,8,11,16-17,42H2,1-7H3,(H,31,35). The van der Waals surface area contributed by atoms with Crippen LogP contribution in [0.2, 0.25) is 5.04 Å². The lowest BCUT2D eigenvalue weighted by Crippen LogP contribution is -2.51. The summed E-state index contributed by atoms with van der Waals surface area (Å²) < 4.78 is 22.6. The van der Waals surface area contributed by atoms with E-state index in [-0.39, 0.29) is 40.5 Å². The molecule has 42 heavy (non-hydrogen) atoms. The molecule has 12 heteroatoms. The number of amides is 2. The first-order valence-electron chi connectivity index (χ1n) is 13.8. The fourth-order valence-electron chi connectivity index (χ4n) is 4.71. The zero-order valence-electron chi connectivity index (χ0n) is 25.4. The van der Waals surface area contributed by atoms with Gasteiger partial charge in [0.05, 0.1) is 42.0 Å². The maximum atomic E-state index is 14.0. The van der Waals surface area contributed by atoms with Crippen LogP contribution < -0.4 is 14.8 Å². The predicted molar refractivity (Wildman–Crippen MR) is 164 cm³/mol. The highest BCUT2D eigenvalue weighted by atomic mass is 28.2. The molecule has 0 radical (unpaired) electrons. The predicted octanol–water partition coefficient (Wildman–Crippen LogP) is 5.58.